The van der Waals surface area contributed by atoms with Crippen molar-refractivity contribution in [1.82, 2.24) is 4.90 Å². The molecule has 1 unspecified atom stereocenters. The van der Waals surface area contributed by atoms with E-state index in [2.05, 4.69) is 0 Å². The zero-order chi connectivity index (χ0) is 24.3. The number of carbonyl (C=O) groups is 2. The van der Waals surface area contributed by atoms with Crippen LogP contribution in [0.15, 0.2) is 60.7 Å². The van der Waals surface area contributed by atoms with Crippen molar-refractivity contribution in [1.29, 1.82) is 0 Å². The Morgan fingerprint density at radius 1 is 1.09 bits per heavy atom. The molecule has 0 aromatic heterocycles. The topological polar surface area (TPSA) is 96.3 Å². The molecule has 34 heavy (non-hydrogen) atoms. The molecular formula is C27H33NO6. The molecule has 1 heterocycles. The molecule has 0 saturated carbocycles. The first kappa shape index (κ1) is 25.3. The number of benzene rings is 2. The predicted octanol–water partition coefficient (Wildman–Crippen LogP) is 5.10. The number of carbonyl (C=O) groups excluding carboxylic acids is 1. The van der Waals surface area contributed by atoms with Crippen LogP contribution < -0.4 is 9.47 Å². The second-order valence-corrected chi connectivity index (χ2v) is 8.43. The van der Waals surface area contributed by atoms with Gasteiger partial charge in [0.2, 0.25) is 5.91 Å². The van der Waals surface area contributed by atoms with E-state index in [1.807, 2.05) is 47.4 Å². The number of unbranched alkanes of at least 4 members (excludes halogenated alkanes) is 3. The number of aliphatic carboxylic acids is 1. The Morgan fingerprint density at radius 2 is 1.79 bits per heavy atom. The zero-order valence-electron chi connectivity index (χ0n) is 19.6. The molecule has 2 aromatic carbocycles. The molecule has 0 aliphatic carbocycles. The second kappa shape index (κ2) is 12.8. The van der Waals surface area contributed by atoms with Crippen molar-refractivity contribution in [2.45, 2.75) is 57.1 Å². The largest absolute Gasteiger partial charge is 0.497 e. The maximum absolute atomic E-state index is 12.3. The summed E-state index contributed by atoms with van der Waals surface area (Å²) in [5.74, 6) is 1.31. The van der Waals surface area contributed by atoms with Crippen LogP contribution in [0.3, 0.4) is 0 Å². The number of rotatable bonds is 13. The molecule has 1 aliphatic heterocycles. The zero-order valence-corrected chi connectivity index (χ0v) is 19.6. The summed E-state index contributed by atoms with van der Waals surface area (Å²) < 4.78 is 11.1. The third kappa shape index (κ3) is 7.63. The van der Waals surface area contributed by atoms with E-state index in [1.54, 1.807) is 25.3 Å². The Labute approximate surface area is 200 Å². The highest BCUT2D eigenvalue weighted by atomic mass is 16.5. The first-order valence-electron chi connectivity index (χ1n) is 11.8. The van der Waals surface area contributed by atoms with Crippen molar-refractivity contribution in [2.24, 2.45) is 0 Å². The number of nitrogens with zero attached hydrogens (tertiary/aromatic N) is 1. The summed E-state index contributed by atoms with van der Waals surface area (Å²) >= 11 is 0. The number of ether oxygens (including phenoxy) is 2. The Bertz CT molecular complexity index is 989. The van der Waals surface area contributed by atoms with Crippen LogP contribution in [0.5, 0.6) is 17.2 Å². The molecule has 0 radical (unpaired) electrons. The molecule has 3 rings (SSSR count). The molecule has 2 N–H and O–H groups in total. The molecule has 7 heteroatoms. The van der Waals surface area contributed by atoms with E-state index in [4.69, 9.17) is 14.6 Å². The molecular weight excluding hydrogens is 434 g/mol. The summed E-state index contributed by atoms with van der Waals surface area (Å²) in [5.41, 5.74) is 0.700. The first-order chi connectivity index (χ1) is 16.5. The number of aliphatic hydroxyl groups excluding tert-OH is 1. The lowest BCUT2D eigenvalue weighted by Crippen LogP contribution is -2.32. The molecule has 2 atom stereocenters. The molecule has 1 amide bonds. The van der Waals surface area contributed by atoms with Gasteiger partial charge in [-0.15, -0.1) is 0 Å². The third-order valence-electron chi connectivity index (χ3n) is 5.91. The molecule has 1 aliphatic rings. The van der Waals surface area contributed by atoms with Crippen LogP contribution in [-0.2, 0) is 9.59 Å². The van der Waals surface area contributed by atoms with E-state index < -0.39 is 12.1 Å². The van der Waals surface area contributed by atoms with Crippen LogP contribution in [0.4, 0.5) is 0 Å². The Balaban J connectivity index is 1.54. The van der Waals surface area contributed by atoms with Gasteiger partial charge >= 0.3 is 5.97 Å². The molecule has 7 nitrogen and oxygen atoms in total. The average Bonchev–Trinajstić information content (AvgIpc) is 3.19. The van der Waals surface area contributed by atoms with E-state index in [0.29, 0.717) is 42.2 Å². The smallest absolute Gasteiger partial charge is 0.303 e. The van der Waals surface area contributed by atoms with Crippen molar-refractivity contribution in [2.75, 3.05) is 13.7 Å². The minimum Gasteiger partial charge on any atom is -0.497 e. The first-order valence-corrected chi connectivity index (χ1v) is 11.8. The van der Waals surface area contributed by atoms with Gasteiger partial charge in [-0.1, -0.05) is 43.2 Å². The number of likely N-dealkylation sites (tertiary alicyclic amines) is 1. The normalized spacial score (nSPS) is 16.7. The fourth-order valence-corrected chi connectivity index (χ4v) is 4.07. The van der Waals surface area contributed by atoms with Crippen molar-refractivity contribution in [3.05, 3.63) is 66.2 Å². The van der Waals surface area contributed by atoms with Gasteiger partial charge in [0, 0.05) is 25.5 Å². The van der Waals surface area contributed by atoms with Crippen LogP contribution in [0.1, 0.15) is 56.6 Å². The third-order valence-corrected chi connectivity index (χ3v) is 5.91. The van der Waals surface area contributed by atoms with Crippen LogP contribution in [0.2, 0.25) is 0 Å². The highest BCUT2D eigenvalue weighted by Gasteiger charge is 2.28. The van der Waals surface area contributed by atoms with Crippen LogP contribution >= 0.6 is 0 Å². The fourth-order valence-electron chi connectivity index (χ4n) is 4.07. The molecule has 2 aromatic rings. The molecule has 1 saturated heterocycles. The standard InChI is InChI=1S/C27H33NO6/c1-33-22-9-7-11-24(19-22)34-23-10-6-8-20(18-23)25(29)15-13-21-14-16-26(30)28(21)17-5-3-2-4-12-27(31)32/h6-11,13,15,18-19,21,25,29H,2-5,12,14,16-17H2,1H3,(H,31,32)/b15-13+/t21?,25-/m1/s1. The van der Waals surface area contributed by atoms with Gasteiger partial charge in [-0.3, -0.25) is 9.59 Å². The summed E-state index contributed by atoms with van der Waals surface area (Å²) in [4.78, 5) is 24.8. The fraction of sp³-hybridized carbons (Fsp3) is 0.407. The molecule has 0 bridgehead atoms. The Morgan fingerprint density at radius 3 is 2.56 bits per heavy atom. The molecule has 0 spiro atoms. The molecule has 182 valence electrons. The SMILES string of the molecule is COc1cccc(Oc2cccc([C@H](O)/C=C/C3CCC(=O)N3CCCCCCC(=O)O)c2)c1. The quantitative estimate of drug-likeness (QED) is 0.314. The number of hydrogen-bond donors (Lipinski definition) is 2. The van der Waals surface area contributed by atoms with Crippen molar-refractivity contribution >= 4 is 11.9 Å². The van der Waals surface area contributed by atoms with Crippen LogP contribution in [-0.4, -0.2) is 46.7 Å². The van der Waals surface area contributed by atoms with Crippen molar-refractivity contribution in [3.8, 4) is 17.2 Å². The van der Waals surface area contributed by atoms with Gasteiger partial charge in [-0.05, 0) is 49.1 Å². The number of methoxy groups -OCH3 is 1. The summed E-state index contributed by atoms with van der Waals surface area (Å²) in [5, 5.41) is 19.4. The van der Waals surface area contributed by atoms with Gasteiger partial charge in [-0.2, -0.15) is 0 Å². The molecule has 1 fully saturated rings. The summed E-state index contributed by atoms with van der Waals surface area (Å²) in [6, 6.07) is 14.6. The number of hydrogen-bond acceptors (Lipinski definition) is 5. The minimum absolute atomic E-state index is 0.0302. The number of amides is 1. The van der Waals surface area contributed by atoms with E-state index in [-0.39, 0.29) is 18.4 Å². The van der Waals surface area contributed by atoms with Crippen molar-refractivity contribution in [3.63, 3.8) is 0 Å². The number of carboxylic acid groups (broad SMARTS) is 1. The van der Waals surface area contributed by atoms with Gasteiger partial charge in [0.1, 0.15) is 17.2 Å². The van der Waals surface area contributed by atoms with Crippen molar-refractivity contribution < 1.29 is 29.3 Å². The van der Waals surface area contributed by atoms with Gasteiger partial charge in [-0.25, -0.2) is 0 Å². The van der Waals surface area contributed by atoms with Gasteiger partial charge < -0.3 is 24.6 Å². The van der Waals surface area contributed by atoms with Gasteiger partial charge in [0.25, 0.3) is 0 Å². The summed E-state index contributed by atoms with van der Waals surface area (Å²) in [6.45, 7) is 0.654. The lowest BCUT2D eigenvalue weighted by Gasteiger charge is -2.22. The van der Waals surface area contributed by atoms with E-state index >= 15 is 0 Å². The maximum atomic E-state index is 12.3. The lowest BCUT2D eigenvalue weighted by atomic mass is 10.1. The highest BCUT2D eigenvalue weighted by Crippen LogP contribution is 2.28. The summed E-state index contributed by atoms with van der Waals surface area (Å²) in [7, 11) is 1.60. The van der Waals surface area contributed by atoms with Gasteiger partial charge in [0.05, 0.1) is 19.3 Å². The highest BCUT2D eigenvalue weighted by molar-refractivity contribution is 5.79. The monoisotopic (exact) mass is 467 g/mol. The maximum Gasteiger partial charge on any atom is 0.303 e. The lowest BCUT2D eigenvalue weighted by molar-refractivity contribution is -0.137. The van der Waals surface area contributed by atoms with E-state index in [9.17, 15) is 14.7 Å². The van der Waals surface area contributed by atoms with E-state index in [0.717, 1.165) is 25.7 Å². The van der Waals surface area contributed by atoms with Crippen LogP contribution in [0, 0.1) is 0 Å². The second-order valence-electron chi connectivity index (χ2n) is 8.43. The Hall–Kier alpha value is -3.32. The summed E-state index contributed by atoms with van der Waals surface area (Å²) in [6.07, 6.45) is 7.52. The minimum atomic E-state index is -0.817. The number of carboxylic acids is 1. The van der Waals surface area contributed by atoms with E-state index in [1.165, 1.54) is 0 Å². The number of aliphatic hydroxyl groups is 1. The predicted molar refractivity (Wildman–Crippen MR) is 129 cm³/mol. The van der Waals surface area contributed by atoms with Gasteiger partial charge in [0.15, 0.2) is 0 Å². The Kier molecular flexibility index (Phi) is 9.52. The average molecular weight is 468 g/mol. The van der Waals surface area contributed by atoms with Crippen LogP contribution in [0.25, 0.3) is 0 Å².